The van der Waals surface area contributed by atoms with Crippen molar-refractivity contribution >= 4 is 34.6 Å². The Morgan fingerprint density at radius 1 is 1.03 bits per heavy atom. The summed E-state index contributed by atoms with van der Waals surface area (Å²) in [5.74, 6) is 0.316. The Bertz CT molecular complexity index is 1410. The molecule has 5 nitrogen and oxygen atoms in total. The molecule has 0 radical (unpaired) electrons. The van der Waals surface area contributed by atoms with Crippen molar-refractivity contribution in [2.75, 3.05) is 12.0 Å². The number of ether oxygens (including phenoxy) is 1. The molecule has 5 rings (SSSR count). The summed E-state index contributed by atoms with van der Waals surface area (Å²) in [6, 6.07) is 19.8. The lowest BCUT2D eigenvalue weighted by Gasteiger charge is -2.28. The summed E-state index contributed by atoms with van der Waals surface area (Å²) in [6.45, 7) is 4.07. The molecule has 35 heavy (non-hydrogen) atoms. The number of nitrogens with one attached hydrogen (secondary N) is 1. The lowest BCUT2D eigenvalue weighted by molar-refractivity contribution is 0.415. The van der Waals surface area contributed by atoms with E-state index in [4.69, 9.17) is 28.6 Å². The summed E-state index contributed by atoms with van der Waals surface area (Å²) >= 11 is 12.3. The predicted octanol–water partition coefficient (Wildman–Crippen LogP) is 6.47. The maximum absolute atomic E-state index is 14.1. The highest BCUT2D eigenvalue weighted by Gasteiger charge is 2.42. The van der Waals surface area contributed by atoms with Gasteiger partial charge in [0.25, 0.3) is 0 Å². The molecule has 0 amide bonds. The molecule has 1 aliphatic rings. The van der Waals surface area contributed by atoms with E-state index < -0.39 is 0 Å². The summed E-state index contributed by atoms with van der Waals surface area (Å²) in [4.78, 5) is 6.69. The number of nitrogens with zero attached hydrogens (tertiary/aromatic N) is 3. The van der Waals surface area contributed by atoms with Gasteiger partial charge in [-0.15, -0.1) is 0 Å². The molecule has 2 aromatic carbocycles. The summed E-state index contributed by atoms with van der Waals surface area (Å²) < 4.78 is 21.5. The van der Waals surface area contributed by atoms with Crippen LogP contribution in [-0.2, 0) is 0 Å². The fraction of sp³-hybridized carbons (Fsp3) is 0.185. The topological polar surface area (TPSA) is 42.3 Å². The van der Waals surface area contributed by atoms with Crippen LogP contribution in [0.15, 0.2) is 72.9 Å². The van der Waals surface area contributed by atoms with Crippen molar-refractivity contribution in [3.8, 4) is 11.4 Å². The van der Waals surface area contributed by atoms with E-state index in [1.807, 2.05) is 56.3 Å². The van der Waals surface area contributed by atoms with E-state index >= 15 is 0 Å². The van der Waals surface area contributed by atoms with Crippen molar-refractivity contribution in [3.05, 3.63) is 106 Å². The van der Waals surface area contributed by atoms with Gasteiger partial charge >= 0.3 is 0 Å². The second kappa shape index (κ2) is 9.32. The molecule has 3 heterocycles. The monoisotopic (exact) mass is 506 g/mol. The van der Waals surface area contributed by atoms with E-state index in [1.165, 1.54) is 6.07 Å². The molecule has 1 aliphatic heterocycles. The van der Waals surface area contributed by atoms with Crippen LogP contribution in [0.5, 0.6) is 5.75 Å². The van der Waals surface area contributed by atoms with Crippen molar-refractivity contribution in [3.63, 3.8) is 0 Å². The zero-order chi connectivity index (χ0) is 24.7. The number of hydrogen-bond donors (Lipinski definition) is 1. The molecule has 2 atom stereocenters. The van der Waals surface area contributed by atoms with Crippen LogP contribution in [0.2, 0.25) is 5.02 Å². The average molecular weight is 507 g/mol. The summed E-state index contributed by atoms with van der Waals surface area (Å²) in [6.07, 6.45) is 1.78. The minimum absolute atomic E-state index is 0.203. The molecule has 0 spiro atoms. The Labute approximate surface area is 214 Å². The molecular formula is C27H24ClFN4OS. The fourth-order valence-corrected chi connectivity index (χ4v) is 5.45. The summed E-state index contributed by atoms with van der Waals surface area (Å²) in [7, 11) is 1.59. The molecule has 0 unspecified atom stereocenters. The van der Waals surface area contributed by atoms with Gasteiger partial charge in [-0.05, 0) is 86.2 Å². The van der Waals surface area contributed by atoms with Crippen molar-refractivity contribution in [2.24, 2.45) is 0 Å². The van der Waals surface area contributed by atoms with E-state index in [0.717, 1.165) is 34.0 Å². The van der Waals surface area contributed by atoms with Gasteiger partial charge < -0.3 is 19.5 Å². The number of aromatic nitrogens is 2. The largest absolute Gasteiger partial charge is 0.495 e. The van der Waals surface area contributed by atoms with Crippen LogP contribution in [0, 0.1) is 19.7 Å². The Kier molecular flexibility index (Phi) is 6.21. The van der Waals surface area contributed by atoms with Gasteiger partial charge in [-0.25, -0.2) is 4.39 Å². The number of hydrogen-bond acceptors (Lipinski definition) is 3. The van der Waals surface area contributed by atoms with E-state index in [-0.39, 0.29) is 17.9 Å². The number of benzene rings is 2. The van der Waals surface area contributed by atoms with Gasteiger partial charge in [-0.1, -0.05) is 23.7 Å². The zero-order valence-electron chi connectivity index (χ0n) is 19.5. The molecule has 4 aromatic rings. The van der Waals surface area contributed by atoms with Gasteiger partial charge in [-0.2, -0.15) is 0 Å². The van der Waals surface area contributed by atoms with Gasteiger partial charge in [0.1, 0.15) is 11.6 Å². The van der Waals surface area contributed by atoms with Crippen molar-refractivity contribution in [1.29, 1.82) is 0 Å². The Balaban J connectivity index is 1.68. The molecule has 1 N–H and O–H groups in total. The smallest absolute Gasteiger partial charge is 0.174 e. The summed E-state index contributed by atoms with van der Waals surface area (Å²) in [5.41, 5.74) is 5.53. The standard InChI is InChI=1S/C27H24ClFN4OS/c1-16-13-21(17(2)32(16)19-8-6-7-18(29)14-19)26-25(23-9-4-5-12-30-23)31-27(35)33(26)20-10-11-24(34-3)22(28)15-20/h4-15,25-26H,1-3H3,(H,31,35)/t25-,26+/m1/s1. The third-order valence-corrected chi connectivity index (χ3v) is 6.98. The molecule has 1 fully saturated rings. The normalized spacial score (nSPS) is 17.5. The van der Waals surface area contributed by atoms with Crippen LogP contribution in [0.4, 0.5) is 10.1 Å². The van der Waals surface area contributed by atoms with Crippen LogP contribution in [-0.4, -0.2) is 21.8 Å². The SMILES string of the molecule is COc1ccc(N2C(=S)N[C@H](c3ccccn3)[C@@H]2c2cc(C)n(-c3cccc(F)c3)c2C)cc1Cl. The minimum Gasteiger partial charge on any atom is -0.495 e. The minimum atomic E-state index is -0.277. The highest BCUT2D eigenvalue weighted by atomic mass is 35.5. The number of thiocarbonyl (C=S) groups is 1. The third-order valence-electron chi connectivity index (χ3n) is 6.37. The van der Waals surface area contributed by atoms with Crippen LogP contribution >= 0.6 is 23.8 Å². The number of rotatable bonds is 5. The average Bonchev–Trinajstić information content (AvgIpc) is 3.34. The second-order valence-corrected chi connectivity index (χ2v) is 9.25. The summed E-state index contributed by atoms with van der Waals surface area (Å²) in [5, 5.41) is 4.54. The Morgan fingerprint density at radius 3 is 2.54 bits per heavy atom. The molecule has 2 aromatic heterocycles. The first-order chi connectivity index (χ1) is 16.9. The first kappa shape index (κ1) is 23.3. The Morgan fingerprint density at radius 2 is 1.86 bits per heavy atom. The van der Waals surface area contributed by atoms with E-state index in [1.54, 1.807) is 25.4 Å². The van der Waals surface area contributed by atoms with Gasteiger partial charge in [0.2, 0.25) is 0 Å². The van der Waals surface area contributed by atoms with Gasteiger partial charge in [0.15, 0.2) is 5.11 Å². The highest BCUT2D eigenvalue weighted by Crippen LogP contribution is 2.44. The van der Waals surface area contributed by atoms with Crippen molar-refractivity contribution in [2.45, 2.75) is 25.9 Å². The lowest BCUT2D eigenvalue weighted by Crippen LogP contribution is -2.29. The van der Waals surface area contributed by atoms with E-state index in [9.17, 15) is 4.39 Å². The predicted molar refractivity (Wildman–Crippen MR) is 141 cm³/mol. The third kappa shape index (κ3) is 4.15. The molecule has 1 saturated heterocycles. The number of pyridine rings is 1. The number of aryl methyl sites for hydroxylation is 1. The number of methoxy groups -OCH3 is 1. The number of anilines is 1. The van der Waals surface area contributed by atoms with Gasteiger partial charge in [0, 0.05) is 29.0 Å². The van der Waals surface area contributed by atoms with Crippen molar-refractivity contribution in [1.82, 2.24) is 14.9 Å². The van der Waals surface area contributed by atoms with Crippen molar-refractivity contribution < 1.29 is 9.13 Å². The quantitative estimate of drug-likeness (QED) is 0.314. The molecule has 0 saturated carbocycles. The fourth-order valence-electron chi connectivity index (χ4n) is 4.85. The molecular weight excluding hydrogens is 483 g/mol. The van der Waals surface area contributed by atoms with E-state index in [2.05, 4.69) is 25.8 Å². The van der Waals surface area contributed by atoms with Gasteiger partial charge in [0.05, 0.1) is 29.9 Å². The highest BCUT2D eigenvalue weighted by molar-refractivity contribution is 7.80. The molecule has 178 valence electrons. The second-order valence-electron chi connectivity index (χ2n) is 8.46. The van der Waals surface area contributed by atoms with Crippen LogP contribution < -0.4 is 15.0 Å². The Hall–Kier alpha value is -3.42. The lowest BCUT2D eigenvalue weighted by atomic mass is 9.96. The van der Waals surface area contributed by atoms with Crippen LogP contribution in [0.1, 0.15) is 34.7 Å². The maximum Gasteiger partial charge on any atom is 0.174 e. The molecule has 8 heteroatoms. The first-order valence-electron chi connectivity index (χ1n) is 11.2. The van der Waals surface area contributed by atoms with Gasteiger partial charge in [-0.3, -0.25) is 4.98 Å². The van der Waals surface area contributed by atoms with Crippen LogP contribution in [0.25, 0.3) is 5.69 Å². The number of halogens is 2. The maximum atomic E-state index is 14.1. The molecule has 0 bridgehead atoms. The van der Waals surface area contributed by atoms with E-state index in [0.29, 0.717) is 15.9 Å². The van der Waals surface area contributed by atoms with Crippen LogP contribution in [0.3, 0.4) is 0 Å². The molecule has 0 aliphatic carbocycles. The first-order valence-corrected chi connectivity index (χ1v) is 12.0. The zero-order valence-corrected chi connectivity index (χ0v) is 21.1.